The molecule has 154 valence electrons. The molecule has 0 aromatic heterocycles. The summed E-state index contributed by atoms with van der Waals surface area (Å²) in [5, 5.41) is 11.6. The minimum absolute atomic E-state index is 0.0442. The topological polar surface area (TPSA) is 120 Å². The standard InChI is InChI=1S/C16H32NO8P/c1-8-22-16(7,23-9-2)25-26(21,10-3)11-12(13(18)19)17-14(20)24-15(4,5)6/h12H,8-11H2,1-7H3,(H,17,20)(H,18,19)/t12-,26?/m0/s1. The smallest absolute Gasteiger partial charge is 0.408 e. The fourth-order valence-electron chi connectivity index (χ4n) is 2.07. The molecule has 0 heterocycles. The molecule has 2 N–H and O–H groups in total. The Hall–Kier alpha value is -1.15. The van der Waals surface area contributed by atoms with Gasteiger partial charge in [0.15, 0.2) is 0 Å². The molecular weight excluding hydrogens is 365 g/mol. The molecule has 0 fully saturated rings. The van der Waals surface area contributed by atoms with E-state index in [0.29, 0.717) is 0 Å². The molecule has 0 aromatic carbocycles. The van der Waals surface area contributed by atoms with Crippen LogP contribution in [0, 0.1) is 0 Å². The van der Waals surface area contributed by atoms with Gasteiger partial charge in [0.25, 0.3) is 5.97 Å². The molecule has 9 nitrogen and oxygen atoms in total. The van der Waals surface area contributed by atoms with Gasteiger partial charge in [0.1, 0.15) is 11.6 Å². The Morgan fingerprint density at radius 2 is 1.58 bits per heavy atom. The molecule has 0 bridgehead atoms. The van der Waals surface area contributed by atoms with Gasteiger partial charge in [-0.1, -0.05) is 6.92 Å². The Kier molecular flexibility index (Phi) is 9.80. The first-order chi connectivity index (χ1) is 11.8. The van der Waals surface area contributed by atoms with Crippen molar-refractivity contribution in [3.8, 4) is 0 Å². The molecule has 0 spiro atoms. The van der Waals surface area contributed by atoms with E-state index in [1.54, 1.807) is 41.5 Å². The summed E-state index contributed by atoms with van der Waals surface area (Å²) in [7, 11) is -3.50. The van der Waals surface area contributed by atoms with E-state index in [9.17, 15) is 19.3 Å². The van der Waals surface area contributed by atoms with E-state index < -0.39 is 43.2 Å². The lowest BCUT2D eigenvalue weighted by Crippen LogP contribution is -2.46. The zero-order chi connectivity index (χ0) is 20.6. The van der Waals surface area contributed by atoms with Crippen molar-refractivity contribution >= 4 is 19.4 Å². The number of aliphatic carboxylic acids is 1. The van der Waals surface area contributed by atoms with Crippen molar-refractivity contribution in [3.63, 3.8) is 0 Å². The first-order valence-electron chi connectivity index (χ1n) is 8.58. The fraction of sp³-hybridized carbons (Fsp3) is 0.875. The third kappa shape index (κ3) is 9.52. The predicted molar refractivity (Wildman–Crippen MR) is 96.6 cm³/mol. The molecule has 0 aromatic rings. The normalized spacial score (nSPS) is 15.8. The van der Waals surface area contributed by atoms with Gasteiger partial charge >= 0.3 is 12.1 Å². The van der Waals surface area contributed by atoms with E-state index >= 15 is 0 Å². The van der Waals surface area contributed by atoms with Crippen LogP contribution < -0.4 is 5.32 Å². The summed E-state index contributed by atoms with van der Waals surface area (Å²) in [6, 6.07) is -1.44. The number of ether oxygens (including phenoxy) is 3. The molecule has 0 aliphatic rings. The molecule has 10 heteroatoms. The van der Waals surface area contributed by atoms with Gasteiger partial charge in [0, 0.05) is 26.3 Å². The van der Waals surface area contributed by atoms with E-state index in [4.69, 9.17) is 18.7 Å². The van der Waals surface area contributed by atoms with Gasteiger partial charge in [-0.15, -0.1) is 0 Å². The zero-order valence-electron chi connectivity index (χ0n) is 16.7. The molecule has 0 radical (unpaired) electrons. The van der Waals surface area contributed by atoms with Crippen LogP contribution in [0.4, 0.5) is 4.79 Å². The number of carbonyl (C=O) groups excluding carboxylic acids is 1. The number of hydrogen-bond acceptors (Lipinski definition) is 7. The third-order valence-electron chi connectivity index (χ3n) is 3.08. The van der Waals surface area contributed by atoms with Crippen LogP contribution in [-0.4, -0.2) is 60.3 Å². The largest absolute Gasteiger partial charge is 0.480 e. The molecule has 0 aliphatic heterocycles. The average Bonchev–Trinajstić information content (AvgIpc) is 2.44. The van der Waals surface area contributed by atoms with E-state index in [1.807, 2.05) is 0 Å². The highest BCUT2D eigenvalue weighted by molar-refractivity contribution is 7.59. The highest BCUT2D eigenvalue weighted by atomic mass is 31.2. The maximum atomic E-state index is 13.1. The second-order valence-electron chi connectivity index (χ2n) is 6.67. The number of carboxylic acid groups (broad SMARTS) is 1. The molecule has 0 aliphatic carbocycles. The summed E-state index contributed by atoms with van der Waals surface area (Å²) >= 11 is 0. The maximum absolute atomic E-state index is 13.1. The van der Waals surface area contributed by atoms with Crippen LogP contribution in [0.3, 0.4) is 0 Å². The number of hydrogen-bond donors (Lipinski definition) is 2. The number of alkyl carbamates (subject to hydrolysis) is 1. The lowest BCUT2D eigenvalue weighted by molar-refractivity contribution is -0.328. The van der Waals surface area contributed by atoms with E-state index in [-0.39, 0.29) is 19.4 Å². The monoisotopic (exact) mass is 397 g/mol. The summed E-state index contributed by atoms with van der Waals surface area (Å²) in [6.07, 6.45) is -1.29. The second-order valence-corrected chi connectivity index (χ2v) is 9.48. The molecule has 26 heavy (non-hydrogen) atoms. The highest BCUT2D eigenvalue weighted by Gasteiger charge is 2.40. The molecule has 0 saturated carbocycles. The molecular formula is C16H32NO8P. The Labute approximate surface area is 155 Å². The van der Waals surface area contributed by atoms with Crippen molar-refractivity contribution in [2.24, 2.45) is 0 Å². The number of rotatable bonds is 11. The van der Waals surface area contributed by atoms with Gasteiger partial charge in [-0.25, -0.2) is 9.59 Å². The van der Waals surface area contributed by atoms with Crippen LogP contribution in [0.5, 0.6) is 0 Å². The summed E-state index contributed by atoms with van der Waals surface area (Å²) < 4.78 is 34.5. The molecule has 1 amide bonds. The first-order valence-corrected chi connectivity index (χ1v) is 10.6. The van der Waals surface area contributed by atoms with Crippen LogP contribution in [-0.2, 0) is 28.1 Å². The SMILES string of the molecule is CCOC(C)(OCC)OP(=O)(CC)C[C@H](NC(=O)OC(C)(C)C)C(=O)O. The van der Waals surface area contributed by atoms with Gasteiger partial charge in [-0.05, 0) is 34.6 Å². The van der Waals surface area contributed by atoms with Crippen molar-refractivity contribution < 1.29 is 38.0 Å². The Morgan fingerprint density at radius 3 is 1.92 bits per heavy atom. The lowest BCUT2D eigenvalue weighted by Gasteiger charge is -2.33. The van der Waals surface area contributed by atoms with Crippen LogP contribution >= 0.6 is 7.37 Å². The second kappa shape index (κ2) is 10.3. The summed E-state index contributed by atoms with van der Waals surface area (Å²) in [5.74, 6) is -2.91. The summed E-state index contributed by atoms with van der Waals surface area (Å²) in [4.78, 5) is 23.4. The fourth-order valence-corrected chi connectivity index (χ4v) is 4.04. The van der Waals surface area contributed by atoms with Crippen LogP contribution in [0.15, 0.2) is 0 Å². The van der Waals surface area contributed by atoms with Gasteiger partial charge in [0.05, 0.1) is 6.16 Å². The lowest BCUT2D eigenvalue weighted by atomic mass is 10.2. The Balaban J connectivity index is 5.27. The number of carboxylic acids is 1. The van der Waals surface area contributed by atoms with E-state index in [2.05, 4.69) is 5.32 Å². The van der Waals surface area contributed by atoms with E-state index in [1.165, 1.54) is 6.92 Å². The van der Waals surface area contributed by atoms with Crippen LogP contribution in [0.1, 0.15) is 48.5 Å². The first kappa shape index (κ1) is 24.8. The van der Waals surface area contributed by atoms with Gasteiger partial charge < -0.3 is 24.6 Å². The van der Waals surface area contributed by atoms with Crippen molar-refractivity contribution in [2.75, 3.05) is 25.5 Å². The van der Waals surface area contributed by atoms with Crippen LogP contribution in [0.25, 0.3) is 0 Å². The molecule has 0 rings (SSSR count). The quantitative estimate of drug-likeness (QED) is 0.403. The van der Waals surface area contributed by atoms with Crippen molar-refractivity contribution in [1.82, 2.24) is 5.32 Å². The highest BCUT2D eigenvalue weighted by Crippen LogP contribution is 2.51. The third-order valence-corrected chi connectivity index (χ3v) is 5.63. The Morgan fingerprint density at radius 1 is 1.08 bits per heavy atom. The maximum Gasteiger partial charge on any atom is 0.408 e. The summed E-state index contributed by atoms with van der Waals surface area (Å²) in [6.45, 7) is 12.0. The predicted octanol–water partition coefficient (Wildman–Crippen LogP) is 3.03. The van der Waals surface area contributed by atoms with Gasteiger partial charge in [-0.2, -0.15) is 0 Å². The van der Waals surface area contributed by atoms with Gasteiger partial charge in [0.2, 0.25) is 7.37 Å². The number of carbonyl (C=O) groups is 2. The van der Waals surface area contributed by atoms with Gasteiger partial charge in [-0.3, -0.25) is 9.09 Å². The van der Waals surface area contributed by atoms with Crippen molar-refractivity contribution in [1.29, 1.82) is 0 Å². The average molecular weight is 397 g/mol. The minimum Gasteiger partial charge on any atom is -0.480 e. The van der Waals surface area contributed by atoms with Crippen molar-refractivity contribution in [2.45, 2.75) is 66.1 Å². The van der Waals surface area contributed by atoms with Crippen molar-refractivity contribution in [3.05, 3.63) is 0 Å². The Bertz CT molecular complexity index is 511. The minimum atomic E-state index is -3.50. The summed E-state index contributed by atoms with van der Waals surface area (Å²) in [5.41, 5.74) is -0.791. The molecule has 2 atom stereocenters. The zero-order valence-corrected chi connectivity index (χ0v) is 17.6. The molecule has 1 unspecified atom stereocenters. The number of nitrogens with one attached hydrogen (secondary N) is 1. The van der Waals surface area contributed by atoms with E-state index in [0.717, 1.165) is 0 Å². The van der Waals surface area contributed by atoms with Crippen LogP contribution in [0.2, 0.25) is 0 Å². The number of amides is 1. The molecule has 0 saturated heterocycles.